The monoisotopic (exact) mass is 211 g/mol. The van der Waals surface area contributed by atoms with Crippen LogP contribution in [0.5, 0.6) is 0 Å². The standard InChI is InChI=1S/C14H29N/c1-5-12(6-2)10-14(15-4)13-9-7-8-11(13)3/h11-15H,5-10H2,1-4H3. The first kappa shape index (κ1) is 13.0. The van der Waals surface area contributed by atoms with Gasteiger partial charge in [0, 0.05) is 6.04 Å². The molecule has 0 amide bonds. The summed E-state index contributed by atoms with van der Waals surface area (Å²) in [7, 11) is 2.15. The van der Waals surface area contributed by atoms with E-state index in [-0.39, 0.29) is 0 Å². The van der Waals surface area contributed by atoms with E-state index >= 15 is 0 Å². The van der Waals surface area contributed by atoms with Crippen molar-refractivity contribution in [2.75, 3.05) is 7.05 Å². The normalized spacial score (nSPS) is 28.6. The van der Waals surface area contributed by atoms with Crippen molar-refractivity contribution < 1.29 is 0 Å². The summed E-state index contributed by atoms with van der Waals surface area (Å²) in [6.07, 6.45) is 8.43. The smallest absolute Gasteiger partial charge is 0.00975 e. The molecule has 3 atom stereocenters. The van der Waals surface area contributed by atoms with Crippen LogP contribution in [0.4, 0.5) is 0 Å². The van der Waals surface area contributed by atoms with E-state index in [0.29, 0.717) is 0 Å². The van der Waals surface area contributed by atoms with Crippen LogP contribution in [0.25, 0.3) is 0 Å². The minimum atomic E-state index is 0.771. The van der Waals surface area contributed by atoms with E-state index in [1.807, 2.05) is 0 Å². The largest absolute Gasteiger partial charge is 0.317 e. The third-order valence-corrected chi connectivity index (χ3v) is 4.56. The third-order valence-electron chi connectivity index (χ3n) is 4.56. The van der Waals surface area contributed by atoms with Gasteiger partial charge in [0.2, 0.25) is 0 Å². The second kappa shape index (κ2) is 6.52. The van der Waals surface area contributed by atoms with Crippen LogP contribution in [0.3, 0.4) is 0 Å². The maximum absolute atomic E-state index is 3.57. The average Bonchev–Trinajstić information content (AvgIpc) is 2.67. The van der Waals surface area contributed by atoms with Gasteiger partial charge in [-0.2, -0.15) is 0 Å². The molecule has 1 rings (SSSR count). The van der Waals surface area contributed by atoms with Crippen LogP contribution in [0.1, 0.15) is 59.3 Å². The van der Waals surface area contributed by atoms with Crippen LogP contribution in [0.2, 0.25) is 0 Å². The molecule has 1 aliphatic rings. The molecule has 90 valence electrons. The molecule has 1 fully saturated rings. The molecule has 1 nitrogen and oxygen atoms in total. The van der Waals surface area contributed by atoms with Crippen LogP contribution in [0.15, 0.2) is 0 Å². The van der Waals surface area contributed by atoms with Crippen molar-refractivity contribution in [3.63, 3.8) is 0 Å². The molecule has 0 aromatic rings. The Morgan fingerprint density at radius 3 is 2.27 bits per heavy atom. The van der Waals surface area contributed by atoms with Crippen molar-refractivity contribution in [3.8, 4) is 0 Å². The van der Waals surface area contributed by atoms with Gasteiger partial charge in [0.15, 0.2) is 0 Å². The number of hydrogen-bond acceptors (Lipinski definition) is 1. The highest BCUT2D eigenvalue weighted by molar-refractivity contribution is 4.85. The Hall–Kier alpha value is -0.0400. The molecule has 1 saturated carbocycles. The van der Waals surface area contributed by atoms with Crippen molar-refractivity contribution in [1.82, 2.24) is 5.32 Å². The maximum Gasteiger partial charge on any atom is 0.00975 e. The SMILES string of the molecule is CCC(CC)CC(NC)C1CCCC1C. The van der Waals surface area contributed by atoms with Crippen LogP contribution >= 0.6 is 0 Å². The van der Waals surface area contributed by atoms with Gasteiger partial charge >= 0.3 is 0 Å². The van der Waals surface area contributed by atoms with Crippen LogP contribution in [-0.4, -0.2) is 13.1 Å². The Bertz CT molecular complexity index is 163. The minimum Gasteiger partial charge on any atom is -0.317 e. The number of hydrogen-bond donors (Lipinski definition) is 1. The molecule has 0 spiro atoms. The summed E-state index contributed by atoms with van der Waals surface area (Å²) in [5.74, 6) is 2.81. The fourth-order valence-electron chi connectivity index (χ4n) is 3.26. The Kier molecular flexibility index (Phi) is 5.66. The van der Waals surface area contributed by atoms with Gasteiger partial charge in [-0.3, -0.25) is 0 Å². The van der Waals surface area contributed by atoms with Gasteiger partial charge in [-0.05, 0) is 37.6 Å². The van der Waals surface area contributed by atoms with Crippen molar-refractivity contribution in [2.24, 2.45) is 17.8 Å². The maximum atomic E-state index is 3.57. The molecule has 0 saturated heterocycles. The van der Waals surface area contributed by atoms with Crippen LogP contribution < -0.4 is 5.32 Å². The lowest BCUT2D eigenvalue weighted by atomic mass is 9.83. The van der Waals surface area contributed by atoms with Gasteiger partial charge in [-0.25, -0.2) is 0 Å². The number of nitrogens with one attached hydrogen (secondary N) is 1. The molecule has 1 aliphatic carbocycles. The zero-order chi connectivity index (χ0) is 11.3. The van der Waals surface area contributed by atoms with E-state index in [9.17, 15) is 0 Å². The van der Waals surface area contributed by atoms with Gasteiger partial charge in [0.05, 0.1) is 0 Å². The molecule has 0 aromatic carbocycles. The van der Waals surface area contributed by atoms with Gasteiger partial charge in [-0.15, -0.1) is 0 Å². The summed E-state index contributed by atoms with van der Waals surface area (Å²) in [4.78, 5) is 0. The van der Waals surface area contributed by atoms with Crippen molar-refractivity contribution in [3.05, 3.63) is 0 Å². The highest BCUT2D eigenvalue weighted by Gasteiger charge is 2.30. The Labute approximate surface area is 96.0 Å². The zero-order valence-corrected chi connectivity index (χ0v) is 11.1. The first-order valence-corrected chi connectivity index (χ1v) is 6.90. The first-order chi connectivity index (χ1) is 7.22. The fourth-order valence-corrected chi connectivity index (χ4v) is 3.26. The summed E-state index contributed by atoms with van der Waals surface area (Å²) in [6, 6.07) is 0.771. The molecule has 1 N–H and O–H groups in total. The molecule has 15 heavy (non-hydrogen) atoms. The van der Waals surface area contributed by atoms with E-state index in [4.69, 9.17) is 0 Å². The molecule has 0 aliphatic heterocycles. The summed E-state index contributed by atoms with van der Waals surface area (Å²) < 4.78 is 0. The van der Waals surface area contributed by atoms with Gasteiger partial charge in [0.1, 0.15) is 0 Å². The number of rotatable bonds is 6. The van der Waals surface area contributed by atoms with Gasteiger partial charge in [-0.1, -0.05) is 46.5 Å². The lowest BCUT2D eigenvalue weighted by molar-refractivity contribution is 0.256. The molecule has 3 unspecified atom stereocenters. The molecule has 0 aromatic heterocycles. The van der Waals surface area contributed by atoms with Gasteiger partial charge in [0.25, 0.3) is 0 Å². The lowest BCUT2D eigenvalue weighted by Gasteiger charge is -2.29. The average molecular weight is 211 g/mol. The molecular weight excluding hydrogens is 182 g/mol. The minimum absolute atomic E-state index is 0.771. The zero-order valence-electron chi connectivity index (χ0n) is 11.1. The molecule has 0 radical (unpaired) electrons. The Morgan fingerprint density at radius 2 is 1.87 bits per heavy atom. The van der Waals surface area contributed by atoms with E-state index in [1.165, 1.54) is 38.5 Å². The molecular formula is C14H29N. The predicted octanol–water partition coefficient (Wildman–Crippen LogP) is 3.84. The highest BCUT2D eigenvalue weighted by atomic mass is 14.9. The summed E-state index contributed by atoms with van der Waals surface area (Å²) >= 11 is 0. The van der Waals surface area contributed by atoms with E-state index in [2.05, 4.69) is 33.1 Å². The van der Waals surface area contributed by atoms with E-state index < -0.39 is 0 Å². The summed E-state index contributed by atoms with van der Waals surface area (Å²) in [5.41, 5.74) is 0. The van der Waals surface area contributed by atoms with Crippen molar-refractivity contribution in [1.29, 1.82) is 0 Å². The van der Waals surface area contributed by atoms with Crippen LogP contribution in [-0.2, 0) is 0 Å². The quantitative estimate of drug-likeness (QED) is 0.704. The van der Waals surface area contributed by atoms with Crippen LogP contribution in [0, 0.1) is 17.8 Å². The molecule has 1 heteroatoms. The fraction of sp³-hybridized carbons (Fsp3) is 1.00. The van der Waals surface area contributed by atoms with Gasteiger partial charge < -0.3 is 5.32 Å². The Balaban J connectivity index is 2.47. The van der Waals surface area contributed by atoms with E-state index in [1.54, 1.807) is 0 Å². The van der Waals surface area contributed by atoms with Crippen molar-refractivity contribution >= 4 is 0 Å². The summed E-state index contributed by atoms with van der Waals surface area (Å²) in [6.45, 7) is 7.10. The lowest BCUT2D eigenvalue weighted by Crippen LogP contribution is -2.36. The highest BCUT2D eigenvalue weighted by Crippen LogP contribution is 2.36. The molecule has 0 bridgehead atoms. The Morgan fingerprint density at radius 1 is 1.20 bits per heavy atom. The molecule has 0 heterocycles. The predicted molar refractivity (Wildman–Crippen MR) is 68.0 cm³/mol. The van der Waals surface area contributed by atoms with E-state index in [0.717, 1.165) is 23.8 Å². The third kappa shape index (κ3) is 3.48. The summed E-state index contributed by atoms with van der Waals surface area (Å²) in [5, 5.41) is 3.57. The second-order valence-corrected chi connectivity index (χ2v) is 5.39. The topological polar surface area (TPSA) is 12.0 Å². The first-order valence-electron chi connectivity index (χ1n) is 6.90. The van der Waals surface area contributed by atoms with Crippen molar-refractivity contribution in [2.45, 2.75) is 65.3 Å². The second-order valence-electron chi connectivity index (χ2n) is 5.39.